The van der Waals surface area contributed by atoms with Crippen LogP contribution in [-0.2, 0) is 4.79 Å². The van der Waals surface area contributed by atoms with Gasteiger partial charge < -0.3 is 15.2 Å². The van der Waals surface area contributed by atoms with Crippen molar-refractivity contribution in [3.63, 3.8) is 0 Å². The van der Waals surface area contributed by atoms with Crippen LogP contribution in [-0.4, -0.2) is 35.6 Å². The first-order valence-corrected chi connectivity index (χ1v) is 11.9. The van der Waals surface area contributed by atoms with Gasteiger partial charge in [0.1, 0.15) is 5.82 Å². The van der Waals surface area contributed by atoms with Crippen molar-refractivity contribution in [3.8, 4) is 0 Å². The van der Waals surface area contributed by atoms with Crippen molar-refractivity contribution in [2.75, 3.05) is 30.1 Å². The molecule has 0 amide bonds. The van der Waals surface area contributed by atoms with Crippen molar-refractivity contribution >= 4 is 29.1 Å². The summed E-state index contributed by atoms with van der Waals surface area (Å²) < 4.78 is 0. The third kappa shape index (κ3) is 4.42. The molecule has 2 aromatic rings. The molecule has 0 fully saturated rings. The van der Waals surface area contributed by atoms with E-state index >= 15 is 0 Å². The molecule has 164 valence electrons. The zero-order chi connectivity index (χ0) is 22.1. The molecular weight excluding hydrogens is 408 g/mol. The van der Waals surface area contributed by atoms with Crippen LogP contribution in [0.4, 0.5) is 11.5 Å². The second-order valence-corrected chi connectivity index (χ2v) is 9.96. The van der Waals surface area contributed by atoms with Gasteiger partial charge in [-0.15, -0.1) is 0 Å². The highest BCUT2D eigenvalue weighted by molar-refractivity contribution is 7.99. The van der Waals surface area contributed by atoms with Gasteiger partial charge in [-0.25, -0.2) is 4.98 Å². The summed E-state index contributed by atoms with van der Waals surface area (Å²) in [7, 11) is 3.99. The average molecular weight is 439 g/mol. The van der Waals surface area contributed by atoms with Crippen LogP contribution in [0.15, 0.2) is 45.5 Å². The topological polar surface area (TPSA) is 78.1 Å². The van der Waals surface area contributed by atoms with Crippen molar-refractivity contribution in [1.82, 2.24) is 9.97 Å². The minimum Gasteiger partial charge on any atom is -0.378 e. The molecule has 1 aliphatic carbocycles. The predicted octanol–water partition coefficient (Wildman–Crippen LogP) is 4.54. The van der Waals surface area contributed by atoms with Gasteiger partial charge in [-0.3, -0.25) is 9.59 Å². The van der Waals surface area contributed by atoms with Gasteiger partial charge in [0.05, 0.1) is 5.56 Å². The van der Waals surface area contributed by atoms with Crippen molar-refractivity contribution in [1.29, 1.82) is 0 Å². The maximum atomic E-state index is 13.2. The van der Waals surface area contributed by atoms with Crippen LogP contribution in [0, 0.1) is 5.92 Å². The van der Waals surface area contributed by atoms with Crippen molar-refractivity contribution in [2.45, 2.75) is 50.6 Å². The maximum Gasteiger partial charge on any atom is 0.257 e. The summed E-state index contributed by atoms with van der Waals surface area (Å²) in [6.07, 6.45) is 3.21. The van der Waals surface area contributed by atoms with E-state index in [1.54, 1.807) is 11.8 Å². The van der Waals surface area contributed by atoms with E-state index in [1.165, 1.54) is 0 Å². The molecule has 0 saturated carbocycles. The fraction of sp³-hybridized carbons (Fsp3) is 0.458. The number of Topliss-reactive ketones (excluding diaryl/α,β-unsaturated/α-hetero) is 1. The van der Waals surface area contributed by atoms with Gasteiger partial charge in [-0.05, 0) is 42.9 Å². The highest BCUT2D eigenvalue weighted by Crippen LogP contribution is 2.43. The minimum atomic E-state index is -0.388. The van der Waals surface area contributed by atoms with E-state index in [2.05, 4.69) is 24.1 Å². The number of ketones is 1. The smallest absolute Gasteiger partial charge is 0.257 e. The Labute approximate surface area is 187 Å². The molecule has 0 saturated heterocycles. The van der Waals surface area contributed by atoms with E-state index in [9.17, 15) is 9.59 Å². The molecule has 1 aromatic carbocycles. The second kappa shape index (κ2) is 8.91. The van der Waals surface area contributed by atoms with Crippen LogP contribution in [0.1, 0.15) is 56.6 Å². The van der Waals surface area contributed by atoms with Gasteiger partial charge >= 0.3 is 0 Å². The molecule has 0 bridgehead atoms. The lowest BCUT2D eigenvalue weighted by atomic mass is 9.76. The van der Waals surface area contributed by atoms with Gasteiger partial charge in [0.25, 0.3) is 5.56 Å². The van der Waals surface area contributed by atoms with Crippen LogP contribution >= 0.6 is 11.8 Å². The standard InChI is InChI=1S/C24H30N4O2S/c1-14(2)12-13-31-24-26-22-21(23(30)27-24)19(15-8-10-16(11-9-15)28(3)4)20-17(25-22)6-5-7-18(20)29/h8-11,14,19H,5-7,12-13H2,1-4H3,(H2,25,26,27,30)/t19-/m1/s1. The quantitative estimate of drug-likeness (QED) is 0.509. The Bertz CT molecular complexity index is 1070. The molecular formula is C24H30N4O2S. The average Bonchev–Trinajstić information content (AvgIpc) is 2.72. The molecule has 6 nitrogen and oxygen atoms in total. The number of benzene rings is 1. The van der Waals surface area contributed by atoms with Crippen LogP contribution < -0.4 is 15.8 Å². The number of anilines is 2. The summed E-state index contributed by atoms with van der Waals surface area (Å²) in [6, 6.07) is 8.10. The summed E-state index contributed by atoms with van der Waals surface area (Å²) >= 11 is 1.57. The van der Waals surface area contributed by atoms with Crippen LogP contribution in [0.25, 0.3) is 0 Å². The third-order valence-corrected chi connectivity index (χ3v) is 6.82. The Morgan fingerprint density at radius 3 is 2.58 bits per heavy atom. The fourth-order valence-corrected chi connectivity index (χ4v) is 5.30. The normalized spacial score (nSPS) is 18.0. The number of allylic oxidation sites excluding steroid dienone is 2. The summed E-state index contributed by atoms with van der Waals surface area (Å²) in [5.74, 6) is 1.83. The second-order valence-electron chi connectivity index (χ2n) is 8.88. The van der Waals surface area contributed by atoms with E-state index in [4.69, 9.17) is 4.98 Å². The molecule has 7 heteroatoms. The maximum absolute atomic E-state index is 13.2. The summed E-state index contributed by atoms with van der Waals surface area (Å²) in [5.41, 5.74) is 4.04. The van der Waals surface area contributed by atoms with E-state index in [-0.39, 0.29) is 17.3 Å². The third-order valence-electron chi connectivity index (χ3n) is 5.91. The molecule has 4 rings (SSSR count). The lowest BCUT2D eigenvalue weighted by molar-refractivity contribution is -0.116. The SMILES string of the molecule is CC(C)CCSc1nc2c(c(=O)[nH]1)[C@H](c1ccc(N(C)C)cc1)C1=C(CCCC1=O)N2. The first kappa shape index (κ1) is 21.7. The van der Waals surface area contributed by atoms with Crippen molar-refractivity contribution in [3.05, 3.63) is 57.0 Å². The van der Waals surface area contributed by atoms with Gasteiger partial charge in [0.2, 0.25) is 0 Å². The Morgan fingerprint density at radius 2 is 1.90 bits per heavy atom. The van der Waals surface area contributed by atoms with Crippen LogP contribution in [0.2, 0.25) is 0 Å². The first-order chi connectivity index (χ1) is 14.8. The lowest BCUT2D eigenvalue weighted by Gasteiger charge is -2.33. The van der Waals surface area contributed by atoms with Gasteiger partial charge in [0, 0.05) is 49.1 Å². The Kier molecular flexibility index (Phi) is 6.23. The van der Waals surface area contributed by atoms with Crippen molar-refractivity contribution < 1.29 is 4.79 Å². The largest absolute Gasteiger partial charge is 0.378 e. The molecule has 0 radical (unpaired) electrons. The number of nitrogens with one attached hydrogen (secondary N) is 2. The first-order valence-electron chi connectivity index (χ1n) is 10.9. The molecule has 0 spiro atoms. The van der Waals surface area contributed by atoms with Gasteiger partial charge in [0.15, 0.2) is 10.9 Å². The van der Waals surface area contributed by atoms with E-state index in [0.717, 1.165) is 47.5 Å². The molecule has 1 atom stereocenters. The van der Waals surface area contributed by atoms with Gasteiger partial charge in [-0.1, -0.05) is 37.7 Å². The molecule has 0 unspecified atom stereocenters. The number of carbonyl (C=O) groups excluding carboxylic acids is 1. The molecule has 31 heavy (non-hydrogen) atoms. The number of fused-ring (bicyclic) bond motifs is 1. The zero-order valence-corrected chi connectivity index (χ0v) is 19.4. The monoisotopic (exact) mass is 438 g/mol. The Morgan fingerprint density at radius 1 is 1.16 bits per heavy atom. The number of hydrogen-bond acceptors (Lipinski definition) is 6. The number of thioether (sulfide) groups is 1. The number of carbonyl (C=O) groups is 1. The van der Waals surface area contributed by atoms with Crippen LogP contribution in [0.5, 0.6) is 0 Å². The molecule has 1 aliphatic heterocycles. The number of rotatable bonds is 6. The highest BCUT2D eigenvalue weighted by Gasteiger charge is 2.37. The Balaban J connectivity index is 1.78. The fourth-order valence-electron chi connectivity index (χ4n) is 4.20. The Hall–Kier alpha value is -2.54. The van der Waals surface area contributed by atoms with Gasteiger partial charge in [-0.2, -0.15) is 0 Å². The number of H-pyrrole nitrogens is 1. The summed E-state index contributed by atoms with van der Waals surface area (Å²) in [4.78, 5) is 35.9. The number of aromatic amines is 1. The molecule has 2 N–H and O–H groups in total. The van der Waals surface area contributed by atoms with Crippen LogP contribution in [0.3, 0.4) is 0 Å². The van der Waals surface area contributed by atoms with E-state index in [1.807, 2.05) is 43.3 Å². The zero-order valence-electron chi connectivity index (χ0n) is 18.6. The summed E-state index contributed by atoms with van der Waals surface area (Å²) in [6.45, 7) is 4.37. The lowest BCUT2D eigenvalue weighted by Crippen LogP contribution is -2.32. The number of nitrogens with zero attached hydrogens (tertiary/aromatic N) is 2. The van der Waals surface area contributed by atoms with Crippen molar-refractivity contribution in [2.24, 2.45) is 5.92 Å². The minimum absolute atomic E-state index is 0.121. The predicted molar refractivity (Wildman–Crippen MR) is 127 cm³/mol. The number of hydrogen-bond donors (Lipinski definition) is 2. The highest BCUT2D eigenvalue weighted by atomic mass is 32.2. The number of aromatic nitrogens is 2. The molecule has 2 heterocycles. The van der Waals surface area contributed by atoms with E-state index < -0.39 is 0 Å². The molecule has 1 aromatic heterocycles. The molecule has 2 aliphatic rings. The summed E-state index contributed by atoms with van der Waals surface area (Å²) in [5, 5.41) is 3.97. The van der Waals surface area contributed by atoms with E-state index in [0.29, 0.717) is 28.9 Å².